The van der Waals surface area contributed by atoms with Crippen LogP contribution in [0.3, 0.4) is 0 Å². The highest BCUT2D eigenvalue weighted by Crippen LogP contribution is 2.45. The van der Waals surface area contributed by atoms with Crippen LogP contribution in [-0.4, -0.2) is 62.8 Å². The number of likely N-dealkylation sites (tertiary alicyclic amines) is 1. The minimum Gasteiger partial charge on any atom is -0.507 e. The molecular weight excluding hydrogens is 444 g/mol. The Bertz CT molecular complexity index is 1110. The van der Waals surface area contributed by atoms with Crippen LogP contribution >= 0.6 is 0 Å². The van der Waals surface area contributed by atoms with Crippen LogP contribution in [0.25, 0.3) is 0 Å². The summed E-state index contributed by atoms with van der Waals surface area (Å²) in [6.07, 6.45) is 1.16. The first-order valence-electron chi connectivity index (χ1n) is 11.0. The Labute approximate surface area is 197 Å². The molecule has 184 valence electrons. The number of ether oxygens (including phenoxy) is 3. The van der Waals surface area contributed by atoms with E-state index in [0.717, 1.165) is 6.42 Å². The smallest absolute Gasteiger partial charge is 0.343 e. The zero-order valence-electron chi connectivity index (χ0n) is 19.8. The minimum atomic E-state index is -0.903. The lowest BCUT2D eigenvalue weighted by Gasteiger charge is -2.23. The van der Waals surface area contributed by atoms with Crippen molar-refractivity contribution in [2.45, 2.75) is 32.1 Å². The molecule has 10 nitrogen and oxygen atoms in total. The Hall–Kier alpha value is -3.69. The van der Waals surface area contributed by atoms with Crippen molar-refractivity contribution >= 4 is 11.8 Å². The molecule has 2 amide bonds. The Morgan fingerprint density at radius 1 is 1.18 bits per heavy atom. The average molecular weight is 475 g/mol. The van der Waals surface area contributed by atoms with Crippen molar-refractivity contribution in [1.29, 1.82) is 0 Å². The zero-order valence-corrected chi connectivity index (χ0v) is 19.8. The topological polar surface area (TPSA) is 128 Å². The molecule has 10 heteroatoms. The Balaban J connectivity index is 1.95. The number of nitrogens with one attached hydrogen (secondary N) is 1. The van der Waals surface area contributed by atoms with Crippen LogP contribution in [0.2, 0.25) is 0 Å². The molecule has 0 saturated carbocycles. The highest BCUT2D eigenvalue weighted by Gasteiger charge is 2.31. The van der Waals surface area contributed by atoms with Crippen molar-refractivity contribution in [3.8, 4) is 23.0 Å². The standard InChI is InChI=1S/C24H30N2O8/c1-14-12-17(27)21(24(30)34-14)16(13-19(28)25-9-11-26-10-5-6-20(26)29)15-7-8-18(31-2)23(33-4)22(15)32-3/h7-8,12,16,27H,5-6,9-11,13H2,1-4H3,(H,25,28)/t16-/m1/s1. The maximum absolute atomic E-state index is 12.9. The van der Waals surface area contributed by atoms with Gasteiger partial charge >= 0.3 is 5.63 Å². The molecule has 0 spiro atoms. The van der Waals surface area contributed by atoms with Gasteiger partial charge in [-0.2, -0.15) is 0 Å². The third kappa shape index (κ3) is 5.27. The molecule has 1 aromatic heterocycles. The monoisotopic (exact) mass is 474 g/mol. The molecule has 0 aliphatic carbocycles. The molecule has 1 fully saturated rings. The summed E-state index contributed by atoms with van der Waals surface area (Å²) in [4.78, 5) is 39.1. The molecule has 1 aromatic carbocycles. The SMILES string of the molecule is COc1ccc([C@@H](CC(=O)NCCN2CCCC2=O)c2c(O)cc(C)oc2=O)c(OC)c1OC. The zero-order chi connectivity index (χ0) is 24.8. The fourth-order valence-electron chi connectivity index (χ4n) is 4.22. The summed E-state index contributed by atoms with van der Waals surface area (Å²) < 4.78 is 21.6. The van der Waals surface area contributed by atoms with E-state index in [2.05, 4.69) is 5.32 Å². The molecule has 2 heterocycles. The molecular formula is C24H30N2O8. The summed E-state index contributed by atoms with van der Waals surface area (Å²) in [7, 11) is 4.36. The normalized spacial score (nSPS) is 14.1. The van der Waals surface area contributed by atoms with Crippen LogP contribution < -0.4 is 25.2 Å². The number of amides is 2. The van der Waals surface area contributed by atoms with E-state index < -0.39 is 11.5 Å². The van der Waals surface area contributed by atoms with Crippen LogP contribution in [-0.2, 0) is 9.59 Å². The van der Waals surface area contributed by atoms with Crippen LogP contribution in [0.1, 0.15) is 42.1 Å². The number of carbonyl (C=O) groups excluding carboxylic acids is 2. The molecule has 0 unspecified atom stereocenters. The van der Waals surface area contributed by atoms with Crippen LogP contribution in [0, 0.1) is 6.92 Å². The van der Waals surface area contributed by atoms with E-state index in [-0.39, 0.29) is 53.4 Å². The van der Waals surface area contributed by atoms with Gasteiger partial charge < -0.3 is 34.0 Å². The summed E-state index contributed by atoms with van der Waals surface area (Å²) in [6.45, 7) is 2.91. The largest absolute Gasteiger partial charge is 0.507 e. The third-order valence-electron chi connectivity index (χ3n) is 5.81. The van der Waals surface area contributed by atoms with E-state index in [0.29, 0.717) is 30.8 Å². The van der Waals surface area contributed by atoms with Gasteiger partial charge in [0.1, 0.15) is 11.5 Å². The van der Waals surface area contributed by atoms with E-state index in [1.165, 1.54) is 27.4 Å². The first-order valence-corrected chi connectivity index (χ1v) is 11.0. The van der Waals surface area contributed by atoms with Gasteiger partial charge in [-0.1, -0.05) is 6.07 Å². The Morgan fingerprint density at radius 2 is 1.91 bits per heavy atom. The number of rotatable bonds is 10. The highest BCUT2D eigenvalue weighted by atomic mass is 16.5. The highest BCUT2D eigenvalue weighted by molar-refractivity contribution is 5.79. The fourth-order valence-corrected chi connectivity index (χ4v) is 4.22. The third-order valence-corrected chi connectivity index (χ3v) is 5.81. The van der Waals surface area contributed by atoms with Gasteiger partial charge in [0, 0.05) is 50.0 Å². The van der Waals surface area contributed by atoms with Gasteiger partial charge in [0.05, 0.1) is 26.9 Å². The lowest BCUT2D eigenvalue weighted by atomic mass is 9.87. The number of aromatic hydroxyl groups is 1. The second-order valence-electron chi connectivity index (χ2n) is 7.96. The Morgan fingerprint density at radius 3 is 2.50 bits per heavy atom. The summed E-state index contributed by atoms with van der Waals surface area (Å²) in [5.41, 5.74) is -0.382. The quantitative estimate of drug-likeness (QED) is 0.535. The van der Waals surface area contributed by atoms with E-state index in [4.69, 9.17) is 18.6 Å². The molecule has 2 aromatic rings. The van der Waals surface area contributed by atoms with Crippen molar-refractivity contribution < 1.29 is 33.3 Å². The summed E-state index contributed by atoms with van der Waals surface area (Å²) in [6, 6.07) is 4.61. The first kappa shape index (κ1) is 24.9. The predicted octanol–water partition coefficient (Wildman–Crippen LogP) is 1.94. The van der Waals surface area contributed by atoms with Gasteiger partial charge in [-0.15, -0.1) is 0 Å². The fraction of sp³-hybridized carbons (Fsp3) is 0.458. The maximum Gasteiger partial charge on any atom is 0.343 e. The van der Waals surface area contributed by atoms with Crippen molar-refractivity contribution in [3.05, 3.63) is 45.5 Å². The first-order chi connectivity index (χ1) is 16.3. The van der Waals surface area contributed by atoms with Gasteiger partial charge in [-0.25, -0.2) is 4.79 Å². The molecule has 34 heavy (non-hydrogen) atoms. The van der Waals surface area contributed by atoms with Gasteiger partial charge in [0.2, 0.25) is 17.6 Å². The molecule has 1 aliphatic rings. The minimum absolute atomic E-state index is 0.0685. The number of nitrogens with zero attached hydrogens (tertiary/aromatic N) is 1. The van der Waals surface area contributed by atoms with E-state index >= 15 is 0 Å². The van der Waals surface area contributed by atoms with E-state index in [1.54, 1.807) is 24.0 Å². The van der Waals surface area contributed by atoms with Crippen LogP contribution in [0.5, 0.6) is 23.0 Å². The van der Waals surface area contributed by atoms with Crippen molar-refractivity contribution in [1.82, 2.24) is 10.2 Å². The number of hydrogen-bond donors (Lipinski definition) is 2. The molecule has 2 N–H and O–H groups in total. The number of benzene rings is 1. The number of hydrogen-bond acceptors (Lipinski definition) is 8. The van der Waals surface area contributed by atoms with E-state index in [9.17, 15) is 19.5 Å². The average Bonchev–Trinajstić information content (AvgIpc) is 3.21. The second-order valence-corrected chi connectivity index (χ2v) is 7.96. The number of aryl methyl sites for hydroxylation is 1. The van der Waals surface area contributed by atoms with Crippen LogP contribution in [0.15, 0.2) is 27.4 Å². The van der Waals surface area contributed by atoms with Gasteiger partial charge in [-0.05, 0) is 19.4 Å². The molecule has 0 radical (unpaired) electrons. The maximum atomic E-state index is 12.9. The Kier molecular flexibility index (Phi) is 8.04. The summed E-state index contributed by atoms with van der Waals surface area (Å²) >= 11 is 0. The van der Waals surface area contributed by atoms with Crippen molar-refractivity contribution in [2.75, 3.05) is 41.0 Å². The van der Waals surface area contributed by atoms with Gasteiger partial charge in [0.15, 0.2) is 11.5 Å². The van der Waals surface area contributed by atoms with Gasteiger partial charge in [0.25, 0.3) is 0 Å². The molecule has 1 aliphatic heterocycles. The van der Waals surface area contributed by atoms with E-state index in [1.807, 2.05) is 0 Å². The van der Waals surface area contributed by atoms with Crippen molar-refractivity contribution in [3.63, 3.8) is 0 Å². The number of methoxy groups -OCH3 is 3. The van der Waals surface area contributed by atoms with Crippen molar-refractivity contribution in [2.24, 2.45) is 0 Å². The lowest BCUT2D eigenvalue weighted by molar-refractivity contribution is -0.128. The molecule has 0 bridgehead atoms. The molecule has 1 saturated heterocycles. The lowest BCUT2D eigenvalue weighted by Crippen LogP contribution is -2.36. The molecule has 3 rings (SSSR count). The second kappa shape index (κ2) is 11.0. The predicted molar refractivity (Wildman–Crippen MR) is 123 cm³/mol. The number of carbonyl (C=O) groups is 2. The molecule has 1 atom stereocenters. The summed E-state index contributed by atoms with van der Waals surface area (Å²) in [5, 5.41) is 13.4. The van der Waals surface area contributed by atoms with Gasteiger partial charge in [-0.3, -0.25) is 9.59 Å². The van der Waals surface area contributed by atoms with Crippen LogP contribution in [0.4, 0.5) is 0 Å². The summed E-state index contributed by atoms with van der Waals surface area (Å²) in [5.74, 6) is -0.285.